The molecule has 0 aromatic heterocycles. The van der Waals surface area contributed by atoms with E-state index in [-0.39, 0.29) is 0 Å². The Kier molecular flexibility index (Phi) is 10.4. The first-order chi connectivity index (χ1) is 4.91. The van der Waals surface area contributed by atoms with Gasteiger partial charge in [0, 0.05) is 5.75 Å². The molecule has 0 aromatic rings. The molecule has 0 heterocycles. The van der Waals surface area contributed by atoms with Crippen LogP contribution in [0.5, 0.6) is 0 Å². The predicted octanol–water partition coefficient (Wildman–Crippen LogP) is 3.92. The Morgan fingerprint density at radius 1 is 1.00 bits per heavy atom. The first-order valence-corrected chi connectivity index (χ1v) is 6.22. The molecule has 0 bridgehead atoms. The van der Waals surface area contributed by atoms with Crippen LogP contribution in [0.2, 0.25) is 0 Å². The lowest BCUT2D eigenvalue weighted by Crippen LogP contribution is -1.79. The minimum absolute atomic E-state index is 1.22. The van der Waals surface area contributed by atoms with E-state index in [1.165, 1.54) is 44.3 Å². The summed E-state index contributed by atoms with van der Waals surface area (Å²) in [6, 6.07) is 0. The fourth-order valence-electron chi connectivity index (χ4n) is 0.947. The van der Waals surface area contributed by atoms with Crippen LogP contribution < -0.4 is 0 Å². The molecule has 62 valence electrons. The highest BCUT2D eigenvalue weighted by molar-refractivity contribution is 8.68. The summed E-state index contributed by atoms with van der Waals surface area (Å²) in [6.07, 6.45) is 8.34. The largest absolute Gasteiger partial charge is 0.111 e. The van der Waals surface area contributed by atoms with Gasteiger partial charge in [0.15, 0.2) is 0 Å². The molecule has 0 aromatic carbocycles. The van der Waals surface area contributed by atoms with Crippen molar-refractivity contribution in [3.8, 4) is 0 Å². The highest BCUT2D eigenvalue weighted by Gasteiger charge is 1.88. The SMILES string of the molecule is CCCCCCCCSS. The van der Waals surface area contributed by atoms with Crippen molar-refractivity contribution in [3.63, 3.8) is 0 Å². The highest BCUT2D eigenvalue weighted by Crippen LogP contribution is 2.11. The molecule has 0 radical (unpaired) electrons. The molecule has 0 atom stereocenters. The van der Waals surface area contributed by atoms with E-state index in [9.17, 15) is 0 Å². The maximum atomic E-state index is 4.08. The second-order valence-corrected chi connectivity index (χ2v) is 4.04. The molecule has 0 aliphatic carbocycles. The van der Waals surface area contributed by atoms with E-state index in [0.717, 1.165) is 0 Å². The number of hydrogen-bond donors (Lipinski definition) is 1. The van der Waals surface area contributed by atoms with Gasteiger partial charge < -0.3 is 0 Å². The molecule has 0 unspecified atom stereocenters. The van der Waals surface area contributed by atoms with Crippen molar-refractivity contribution in [2.45, 2.75) is 45.4 Å². The van der Waals surface area contributed by atoms with Crippen LogP contribution in [0.3, 0.4) is 0 Å². The van der Waals surface area contributed by atoms with Gasteiger partial charge >= 0.3 is 0 Å². The van der Waals surface area contributed by atoms with Crippen molar-refractivity contribution >= 4 is 22.5 Å². The van der Waals surface area contributed by atoms with Crippen LogP contribution in [-0.4, -0.2) is 5.75 Å². The first kappa shape index (κ1) is 10.7. The van der Waals surface area contributed by atoms with Crippen LogP contribution in [0.4, 0.5) is 0 Å². The second-order valence-electron chi connectivity index (χ2n) is 2.60. The molecule has 0 fully saturated rings. The molecule has 2 heteroatoms. The zero-order valence-electron chi connectivity index (χ0n) is 6.81. The maximum Gasteiger partial charge on any atom is 0.00345 e. The third-order valence-corrected chi connectivity index (χ3v) is 2.61. The highest BCUT2D eigenvalue weighted by atomic mass is 33.1. The standard InChI is InChI=1S/C8H18S2/c1-2-3-4-5-6-7-8-10-9/h9H,2-8H2,1H3. The number of rotatable bonds is 7. The fraction of sp³-hybridized carbons (Fsp3) is 1.00. The smallest absolute Gasteiger partial charge is 0.00345 e. The van der Waals surface area contributed by atoms with E-state index in [1.807, 2.05) is 0 Å². The zero-order valence-corrected chi connectivity index (χ0v) is 8.52. The topological polar surface area (TPSA) is 0 Å². The van der Waals surface area contributed by atoms with Crippen molar-refractivity contribution in [1.29, 1.82) is 0 Å². The minimum atomic E-state index is 1.22. The third kappa shape index (κ3) is 8.70. The summed E-state index contributed by atoms with van der Waals surface area (Å²) >= 11 is 4.08. The molecule has 0 aliphatic heterocycles. The molecular formula is C8H18S2. The number of thiol groups is 1. The fourth-order valence-corrected chi connectivity index (χ4v) is 1.67. The van der Waals surface area contributed by atoms with E-state index >= 15 is 0 Å². The van der Waals surface area contributed by atoms with Gasteiger partial charge in [0.2, 0.25) is 0 Å². The van der Waals surface area contributed by atoms with Gasteiger partial charge in [-0.05, 0) is 6.42 Å². The van der Waals surface area contributed by atoms with E-state index in [2.05, 4.69) is 18.6 Å². The Morgan fingerprint density at radius 2 is 1.60 bits per heavy atom. The van der Waals surface area contributed by atoms with Crippen molar-refractivity contribution < 1.29 is 0 Å². The summed E-state index contributed by atoms with van der Waals surface area (Å²) in [5, 5.41) is 0. The Bertz CT molecular complexity index is 47.2. The van der Waals surface area contributed by atoms with Crippen LogP contribution in [0.25, 0.3) is 0 Å². The molecule has 0 N–H and O–H groups in total. The number of hydrogen-bond acceptors (Lipinski definition) is 2. The number of unbranched alkanes of at least 4 members (excludes halogenated alkanes) is 5. The molecule has 10 heavy (non-hydrogen) atoms. The second kappa shape index (κ2) is 9.70. The van der Waals surface area contributed by atoms with E-state index in [0.29, 0.717) is 0 Å². The molecular weight excluding hydrogens is 160 g/mol. The van der Waals surface area contributed by atoms with Crippen LogP contribution in [0.15, 0.2) is 0 Å². The summed E-state index contributed by atoms with van der Waals surface area (Å²) < 4.78 is 0. The molecule has 0 saturated heterocycles. The van der Waals surface area contributed by atoms with Crippen LogP contribution >= 0.6 is 22.5 Å². The molecule has 0 rings (SSSR count). The lowest BCUT2D eigenvalue weighted by molar-refractivity contribution is 0.627. The summed E-state index contributed by atoms with van der Waals surface area (Å²) in [6.45, 7) is 2.25. The average molecular weight is 178 g/mol. The molecule has 0 aliphatic rings. The van der Waals surface area contributed by atoms with Gasteiger partial charge in [0.1, 0.15) is 0 Å². The Balaban J connectivity index is 2.65. The molecule has 0 saturated carbocycles. The Hall–Kier alpha value is 0.700. The zero-order chi connectivity index (χ0) is 7.66. The summed E-state index contributed by atoms with van der Waals surface area (Å²) in [7, 11) is 1.66. The van der Waals surface area contributed by atoms with Gasteiger partial charge in [-0.25, -0.2) is 0 Å². The first-order valence-electron chi connectivity index (χ1n) is 4.18. The summed E-state index contributed by atoms with van der Waals surface area (Å²) in [4.78, 5) is 0. The average Bonchev–Trinajstić information content (AvgIpc) is 1.97. The van der Waals surface area contributed by atoms with Crippen molar-refractivity contribution in [3.05, 3.63) is 0 Å². The van der Waals surface area contributed by atoms with Crippen molar-refractivity contribution in [1.82, 2.24) is 0 Å². The quantitative estimate of drug-likeness (QED) is 0.350. The predicted molar refractivity (Wildman–Crippen MR) is 54.8 cm³/mol. The lowest BCUT2D eigenvalue weighted by Gasteiger charge is -1.97. The van der Waals surface area contributed by atoms with Gasteiger partial charge in [-0.2, -0.15) is 0 Å². The van der Waals surface area contributed by atoms with E-state index < -0.39 is 0 Å². The Labute approximate surface area is 74.0 Å². The van der Waals surface area contributed by atoms with Crippen LogP contribution in [-0.2, 0) is 0 Å². The molecule has 0 amide bonds. The van der Waals surface area contributed by atoms with Gasteiger partial charge in [0.05, 0.1) is 0 Å². The van der Waals surface area contributed by atoms with Crippen molar-refractivity contribution in [2.24, 2.45) is 0 Å². The van der Waals surface area contributed by atoms with Gasteiger partial charge in [-0.15, -0.1) is 11.7 Å². The maximum absolute atomic E-state index is 4.08. The van der Waals surface area contributed by atoms with Crippen molar-refractivity contribution in [2.75, 3.05) is 5.75 Å². The van der Waals surface area contributed by atoms with E-state index in [4.69, 9.17) is 0 Å². The van der Waals surface area contributed by atoms with Gasteiger partial charge in [0.25, 0.3) is 0 Å². The summed E-state index contributed by atoms with van der Waals surface area (Å²) in [5.41, 5.74) is 0. The normalized spacial score (nSPS) is 10.2. The van der Waals surface area contributed by atoms with Gasteiger partial charge in [-0.1, -0.05) is 49.8 Å². The minimum Gasteiger partial charge on any atom is -0.111 e. The molecule has 0 nitrogen and oxygen atoms in total. The van der Waals surface area contributed by atoms with Crippen LogP contribution in [0.1, 0.15) is 45.4 Å². The van der Waals surface area contributed by atoms with Crippen LogP contribution in [0, 0.1) is 0 Å². The van der Waals surface area contributed by atoms with E-state index in [1.54, 1.807) is 10.8 Å². The molecule has 0 spiro atoms. The third-order valence-electron chi connectivity index (χ3n) is 1.59. The Morgan fingerprint density at radius 3 is 2.20 bits per heavy atom. The monoisotopic (exact) mass is 178 g/mol. The summed E-state index contributed by atoms with van der Waals surface area (Å²) in [5.74, 6) is 1.22. The van der Waals surface area contributed by atoms with Gasteiger partial charge in [-0.3, -0.25) is 0 Å². The lowest BCUT2D eigenvalue weighted by atomic mass is 10.1.